The van der Waals surface area contributed by atoms with Crippen molar-refractivity contribution in [1.29, 1.82) is 0 Å². The molecule has 1 atom stereocenters. The van der Waals surface area contributed by atoms with E-state index >= 15 is 0 Å². The highest BCUT2D eigenvalue weighted by atomic mass is 16.5. The van der Waals surface area contributed by atoms with E-state index in [4.69, 9.17) is 9.47 Å². The SMILES string of the molecule is CCOc1ccccc1NC(=O)C(OC(=O)CCN1C(=O)c2ccccc2C1=O)c1ccccc1. The van der Waals surface area contributed by atoms with Crippen molar-refractivity contribution >= 4 is 29.4 Å². The van der Waals surface area contributed by atoms with Gasteiger partial charge in [-0.2, -0.15) is 0 Å². The Morgan fingerprint density at radius 2 is 1.46 bits per heavy atom. The third-order valence-electron chi connectivity index (χ3n) is 5.45. The molecule has 1 unspecified atom stereocenters. The number of rotatable bonds is 9. The molecular weight excluding hydrogens is 448 g/mol. The molecule has 3 aromatic carbocycles. The predicted molar refractivity (Wildman–Crippen MR) is 128 cm³/mol. The third kappa shape index (κ3) is 5.22. The van der Waals surface area contributed by atoms with Crippen LogP contribution in [0, 0.1) is 0 Å². The van der Waals surface area contributed by atoms with E-state index in [9.17, 15) is 19.2 Å². The Labute approximate surface area is 202 Å². The number of amides is 3. The molecule has 1 aliphatic rings. The average molecular weight is 472 g/mol. The van der Waals surface area contributed by atoms with E-state index in [1.807, 2.05) is 6.92 Å². The van der Waals surface area contributed by atoms with Crippen molar-refractivity contribution < 1.29 is 28.7 Å². The van der Waals surface area contributed by atoms with Gasteiger partial charge in [-0.3, -0.25) is 24.1 Å². The van der Waals surface area contributed by atoms with E-state index < -0.39 is 29.8 Å². The highest BCUT2D eigenvalue weighted by Crippen LogP contribution is 2.27. The maximum atomic E-state index is 13.2. The number of fused-ring (bicyclic) bond motifs is 1. The van der Waals surface area contributed by atoms with Crippen LogP contribution in [-0.4, -0.2) is 41.7 Å². The van der Waals surface area contributed by atoms with Gasteiger partial charge in [0.2, 0.25) is 6.10 Å². The van der Waals surface area contributed by atoms with Crippen LogP contribution in [0.2, 0.25) is 0 Å². The fraction of sp³-hybridized carbons (Fsp3) is 0.185. The van der Waals surface area contributed by atoms with Crippen LogP contribution >= 0.6 is 0 Å². The Hall–Kier alpha value is -4.46. The number of esters is 1. The van der Waals surface area contributed by atoms with Crippen molar-refractivity contribution in [2.45, 2.75) is 19.4 Å². The minimum absolute atomic E-state index is 0.151. The van der Waals surface area contributed by atoms with E-state index in [0.717, 1.165) is 4.90 Å². The molecule has 0 aromatic heterocycles. The number of nitrogens with zero attached hydrogens (tertiary/aromatic N) is 1. The van der Waals surface area contributed by atoms with Crippen LogP contribution in [0.25, 0.3) is 0 Å². The van der Waals surface area contributed by atoms with E-state index in [-0.39, 0.29) is 13.0 Å². The Morgan fingerprint density at radius 3 is 2.11 bits per heavy atom. The summed E-state index contributed by atoms with van der Waals surface area (Å²) in [5, 5.41) is 2.76. The summed E-state index contributed by atoms with van der Waals surface area (Å²) in [5.74, 6) is -1.69. The van der Waals surface area contributed by atoms with Gasteiger partial charge < -0.3 is 14.8 Å². The first-order chi connectivity index (χ1) is 17.0. The minimum Gasteiger partial charge on any atom is -0.492 e. The Morgan fingerprint density at radius 1 is 0.857 bits per heavy atom. The van der Waals surface area contributed by atoms with Gasteiger partial charge in [0, 0.05) is 12.1 Å². The normalized spacial score (nSPS) is 13.2. The predicted octanol–water partition coefficient (Wildman–Crippen LogP) is 3.99. The Bertz CT molecular complexity index is 1220. The van der Waals surface area contributed by atoms with Gasteiger partial charge in [-0.05, 0) is 31.2 Å². The van der Waals surface area contributed by atoms with Gasteiger partial charge in [0.05, 0.1) is 29.8 Å². The molecule has 3 amide bonds. The maximum Gasteiger partial charge on any atom is 0.308 e. The lowest BCUT2D eigenvalue weighted by molar-refractivity contribution is -0.154. The standard InChI is InChI=1S/C27H24N2O6/c1-2-34-22-15-9-8-14-21(22)28-25(31)24(18-10-4-3-5-11-18)35-23(30)16-17-29-26(32)19-12-6-7-13-20(19)27(29)33/h3-15,24H,2,16-17H2,1H3,(H,28,31). The summed E-state index contributed by atoms with van der Waals surface area (Å²) in [7, 11) is 0. The van der Waals surface area contributed by atoms with Crippen LogP contribution in [0.5, 0.6) is 5.75 Å². The second-order valence-corrected chi connectivity index (χ2v) is 7.76. The lowest BCUT2D eigenvalue weighted by Gasteiger charge is -2.20. The molecule has 0 saturated carbocycles. The fourth-order valence-corrected chi connectivity index (χ4v) is 3.79. The number of benzene rings is 3. The second kappa shape index (κ2) is 10.6. The monoisotopic (exact) mass is 472 g/mol. The molecule has 0 bridgehead atoms. The zero-order valence-corrected chi connectivity index (χ0v) is 19.1. The van der Waals surface area contributed by atoms with E-state index in [1.54, 1.807) is 78.9 Å². The molecule has 1 N–H and O–H groups in total. The molecule has 178 valence electrons. The summed E-state index contributed by atoms with van der Waals surface area (Å²) in [4.78, 5) is 52.0. The molecule has 0 spiro atoms. The smallest absolute Gasteiger partial charge is 0.308 e. The molecule has 0 fully saturated rings. The summed E-state index contributed by atoms with van der Waals surface area (Å²) in [5.41, 5.74) is 1.54. The number of hydrogen-bond acceptors (Lipinski definition) is 6. The van der Waals surface area contributed by atoms with Gasteiger partial charge in [-0.25, -0.2) is 0 Å². The molecule has 8 nitrogen and oxygen atoms in total. The number of carbonyl (C=O) groups excluding carboxylic acids is 4. The summed E-state index contributed by atoms with van der Waals surface area (Å²) < 4.78 is 11.1. The number of imide groups is 1. The highest BCUT2D eigenvalue weighted by molar-refractivity contribution is 6.21. The summed E-state index contributed by atoms with van der Waals surface area (Å²) in [6.07, 6.45) is -1.49. The fourth-order valence-electron chi connectivity index (χ4n) is 3.79. The van der Waals surface area contributed by atoms with Gasteiger partial charge >= 0.3 is 5.97 Å². The van der Waals surface area contributed by atoms with E-state index in [2.05, 4.69) is 5.32 Å². The lowest BCUT2D eigenvalue weighted by Crippen LogP contribution is -2.33. The van der Waals surface area contributed by atoms with Crippen molar-refractivity contribution in [2.24, 2.45) is 0 Å². The summed E-state index contributed by atoms with van der Waals surface area (Å²) in [6, 6.07) is 22.1. The van der Waals surface area contributed by atoms with Gasteiger partial charge in [-0.1, -0.05) is 54.6 Å². The van der Waals surface area contributed by atoms with Crippen molar-refractivity contribution in [2.75, 3.05) is 18.5 Å². The number of hydrogen-bond donors (Lipinski definition) is 1. The molecule has 3 aromatic rings. The number of para-hydroxylation sites is 2. The topological polar surface area (TPSA) is 102 Å². The van der Waals surface area contributed by atoms with Crippen LogP contribution in [0.3, 0.4) is 0 Å². The van der Waals surface area contributed by atoms with Gasteiger partial charge in [0.25, 0.3) is 17.7 Å². The summed E-state index contributed by atoms with van der Waals surface area (Å²) in [6.45, 7) is 2.10. The molecule has 1 aliphatic heterocycles. The molecule has 35 heavy (non-hydrogen) atoms. The van der Waals surface area contributed by atoms with Crippen LogP contribution in [-0.2, 0) is 14.3 Å². The molecule has 1 heterocycles. The number of ether oxygens (including phenoxy) is 2. The minimum atomic E-state index is -1.24. The first-order valence-corrected chi connectivity index (χ1v) is 11.2. The third-order valence-corrected chi connectivity index (χ3v) is 5.45. The lowest BCUT2D eigenvalue weighted by atomic mass is 10.1. The van der Waals surface area contributed by atoms with Crippen molar-refractivity contribution in [3.8, 4) is 5.75 Å². The molecule has 0 radical (unpaired) electrons. The molecule has 8 heteroatoms. The zero-order chi connectivity index (χ0) is 24.8. The zero-order valence-electron chi connectivity index (χ0n) is 19.1. The molecule has 0 saturated heterocycles. The van der Waals surface area contributed by atoms with E-state index in [1.165, 1.54) is 0 Å². The van der Waals surface area contributed by atoms with Crippen LogP contribution in [0.15, 0.2) is 78.9 Å². The first kappa shape index (κ1) is 23.7. The van der Waals surface area contributed by atoms with Gasteiger partial charge in [0.15, 0.2) is 0 Å². The molecule has 0 aliphatic carbocycles. The van der Waals surface area contributed by atoms with Crippen molar-refractivity contribution in [3.05, 3.63) is 95.6 Å². The quantitative estimate of drug-likeness (QED) is 0.373. The van der Waals surface area contributed by atoms with Gasteiger partial charge in [0.1, 0.15) is 5.75 Å². The average Bonchev–Trinajstić information content (AvgIpc) is 3.12. The highest BCUT2D eigenvalue weighted by Gasteiger charge is 2.35. The van der Waals surface area contributed by atoms with Gasteiger partial charge in [-0.15, -0.1) is 0 Å². The molecule has 4 rings (SSSR count). The van der Waals surface area contributed by atoms with Crippen molar-refractivity contribution in [1.82, 2.24) is 4.90 Å². The second-order valence-electron chi connectivity index (χ2n) is 7.76. The first-order valence-electron chi connectivity index (χ1n) is 11.2. The number of carbonyl (C=O) groups is 4. The maximum absolute atomic E-state index is 13.2. The molecular formula is C27H24N2O6. The Balaban J connectivity index is 1.46. The Kier molecular flexibility index (Phi) is 7.21. The van der Waals surface area contributed by atoms with Crippen LogP contribution in [0.1, 0.15) is 45.7 Å². The van der Waals surface area contributed by atoms with Crippen molar-refractivity contribution in [3.63, 3.8) is 0 Å². The number of anilines is 1. The van der Waals surface area contributed by atoms with Crippen LogP contribution < -0.4 is 10.1 Å². The van der Waals surface area contributed by atoms with E-state index in [0.29, 0.717) is 34.7 Å². The number of nitrogens with one attached hydrogen (secondary N) is 1. The van der Waals surface area contributed by atoms with Crippen LogP contribution in [0.4, 0.5) is 5.69 Å². The largest absolute Gasteiger partial charge is 0.492 e. The summed E-state index contributed by atoms with van der Waals surface area (Å²) >= 11 is 0.